The first-order valence-corrected chi connectivity index (χ1v) is 6.15. The number of ether oxygens (including phenoxy) is 1. The predicted octanol–water partition coefficient (Wildman–Crippen LogP) is 3.74. The van der Waals surface area contributed by atoms with Crippen molar-refractivity contribution in [2.45, 2.75) is 39.2 Å². The molecule has 4 heteroatoms. The lowest BCUT2D eigenvalue weighted by molar-refractivity contribution is -0.0255. The number of carbonyl (C=O) groups excluding carboxylic acids is 1. The molecule has 18 heavy (non-hydrogen) atoms. The highest BCUT2D eigenvalue weighted by Gasteiger charge is 2.38. The molecule has 0 atom stereocenters. The van der Waals surface area contributed by atoms with Gasteiger partial charge in [0.05, 0.1) is 5.56 Å². The fourth-order valence-corrected chi connectivity index (χ4v) is 2.06. The number of halogens is 2. The van der Waals surface area contributed by atoms with Gasteiger partial charge >= 0.3 is 0 Å². The Bertz CT molecular complexity index is 406. The largest absolute Gasteiger partial charge is 0.367 e. The fraction of sp³-hybridized carbons (Fsp3) is 0.500. The molecule has 1 aromatic rings. The van der Waals surface area contributed by atoms with Crippen molar-refractivity contribution < 1.29 is 18.3 Å². The Kier molecular flexibility index (Phi) is 4.96. The average molecular weight is 256 g/mol. The van der Waals surface area contributed by atoms with E-state index in [0.717, 1.165) is 12.1 Å². The van der Waals surface area contributed by atoms with E-state index in [2.05, 4.69) is 0 Å². The van der Waals surface area contributed by atoms with Gasteiger partial charge in [-0.05, 0) is 31.9 Å². The highest BCUT2D eigenvalue weighted by atomic mass is 19.1. The van der Waals surface area contributed by atoms with E-state index in [1.54, 1.807) is 20.8 Å². The molecule has 100 valence electrons. The van der Waals surface area contributed by atoms with Crippen LogP contribution in [0.15, 0.2) is 18.2 Å². The average Bonchev–Trinajstić information content (AvgIpc) is 2.35. The van der Waals surface area contributed by atoms with Crippen molar-refractivity contribution in [2.75, 3.05) is 6.61 Å². The summed E-state index contributed by atoms with van der Waals surface area (Å²) in [5.41, 5.74) is -1.65. The van der Waals surface area contributed by atoms with Gasteiger partial charge in [-0.25, -0.2) is 8.78 Å². The topological polar surface area (TPSA) is 26.3 Å². The summed E-state index contributed by atoms with van der Waals surface area (Å²) in [7, 11) is 0. The van der Waals surface area contributed by atoms with Gasteiger partial charge in [-0.1, -0.05) is 19.9 Å². The highest BCUT2D eigenvalue weighted by Crippen LogP contribution is 2.28. The van der Waals surface area contributed by atoms with Gasteiger partial charge in [0.25, 0.3) is 0 Å². The van der Waals surface area contributed by atoms with E-state index < -0.39 is 28.6 Å². The third-order valence-electron chi connectivity index (χ3n) is 3.17. The minimum absolute atomic E-state index is 0.323. The van der Waals surface area contributed by atoms with Crippen LogP contribution in [-0.2, 0) is 4.74 Å². The van der Waals surface area contributed by atoms with E-state index in [-0.39, 0.29) is 0 Å². The van der Waals surface area contributed by atoms with Gasteiger partial charge in [-0.15, -0.1) is 0 Å². The maximum absolute atomic E-state index is 13.6. The summed E-state index contributed by atoms with van der Waals surface area (Å²) in [6, 6.07) is 3.40. The van der Waals surface area contributed by atoms with Crippen molar-refractivity contribution in [1.82, 2.24) is 0 Å². The molecule has 0 bridgehead atoms. The molecule has 0 fully saturated rings. The van der Waals surface area contributed by atoms with Gasteiger partial charge in [-0.3, -0.25) is 4.79 Å². The van der Waals surface area contributed by atoms with Crippen molar-refractivity contribution in [1.29, 1.82) is 0 Å². The summed E-state index contributed by atoms with van der Waals surface area (Å²) in [6.07, 6.45) is 0.758. The number of carbonyl (C=O) groups is 1. The molecular formula is C14H18F2O2. The lowest BCUT2D eigenvalue weighted by atomic mass is 9.87. The third-order valence-corrected chi connectivity index (χ3v) is 3.17. The first-order chi connectivity index (χ1) is 8.52. The highest BCUT2D eigenvalue weighted by molar-refractivity contribution is 6.02. The lowest BCUT2D eigenvalue weighted by Crippen LogP contribution is -2.41. The summed E-state index contributed by atoms with van der Waals surface area (Å²) >= 11 is 0. The summed E-state index contributed by atoms with van der Waals surface area (Å²) < 4.78 is 32.7. The van der Waals surface area contributed by atoms with E-state index in [1.807, 2.05) is 0 Å². The molecule has 2 nitrogen and oxygen atoms in total. The van der Waals surface area contributed by atoms with Gasteiger partial charge in [0.1, 0.15) is 17.2 Å². The first kappa shape index (κ1) is 14.8. The smallest absolute Gasteiger partial charge is 0.200 e. The molecule has 0 aliphatic carbocycles. The molecule has 0 saturated heterocycles. The maximum Gasteiger partial charge on any atom is 0.200 e. The van der Waals surface area contributed by atoms with Crippen LogP contribution >= 0.6 is 0 Å². The molecule has 0 unspecified atom stereocenters. The van der Waals surface area contributed by atoms with Crippen LogP contribution < -0.4 is 0 Å². The first-order valence-electron chi connectivity index (χ1n) is 6.15. The normalized spacial score (nSPS) is 11.6. The zero-order valence-corrected chi connectivity index (χ0v) is 10.9. The summed E-state index contributed by atoms with van der Waals surface area (Å²) in [5, 5.41) is 0. The van der Waals surface area contributed by atoms with Crippen molar-refractivity contribution in [3.05, 3.63) is 35.4 Å². The van der Waals surface area contributed by atoms with Crippen LogP contribution in [0.3, 0.4) is 0 Å². The van der Waals surface area contributed by atoms with Gasteiger partial charge in [0, 0.05) is 6.61 Å². The van der Waals surface area contributed by atoms with Crippen LogP contribution in [0.5, 0.6) is 0 Å². The molecule has 0 N–H and O–H groups in total. The second kappa shape index (κ2) is 6.05. The number of hydrogen-bond donors (Lipinski definition) is 0. The third kappa shape index (κ3) is 2.58. The van der Waals surface area contributed by atoms with Crippen molar-refractivity contribution in [3.63, 3.8) is 0 Å². The van der Waals surface area contributed by atoms with E-state index in [0.29, 0.717) is 19.4 Å². The Morgan fingerprint density at radius 1 is 1.17 bits per heavy atom. The van der Waals surface area contributed by atoms with Crippen LogP contribution in [0, 0.1) is 11.6 Å². The lowest BCUT2D eigenvalue weighted by Gasteiger charge is -2.30. The fourth-order valence-electron chi connectivity index (χ4n) is 2.06. The SMILES string of the molecule is CCOC(CC)(CC)C(=O)c1c(F)cccc1F. The zero-order chi connectivity index (χ0) is 13.8. The quantitative estimate of drug-likeness (QED) is 0.725. The predicted molar refractivity (Wildman–Crippen MR) is 65.6 cm³/mol. The zero-order valence-electron chi connectivity index (χ0n) is 10.9. The van der Waals surface area contributed by atoms with Crippen LogP contribution in [0.1, 0.15) is 44.0 Å². The van der Waals surface area contributed by atoms with E-state index in [1.165, 1.54) is 6.07 Å². The standard InChI is InChI=1S/C14H18F2O2/c1-4-14(5-2,18-6-3)13(17)12-10(15)8-7-9-11(12)16/h7-9H,4-6H2,1-3H3. The van der Waals surface area contributed by atoms with Crippen LogP contribution in [0.4, 0.5) is 8.78 Å². The van der Waals surface area contributed by atoms with Gasteiger partial charge in [0.15, 0.2) is 5.78 Å². The number of hydrogen-bond acceptors (Lipinski definition) is 2. The number of benzene rings is 1. The molecular weight excluding hydrogens is 238 g/mol. The molecule has 0 amide bonds. The molecule has 1 aromatic carbocycles. The number of rotatable bonds is 6. The van der Waals surface area contributed by atoms with E-state index in [4.69, 9.17) is 4.74 Å². The van der Waals surface area contributed by atoms with Gasteiger partial charge < -0.3 is 4.74 Å². The maximum atomic E-state index is 13.6. The second-order valence-corrected chi connectivity index (χ2v) is 4.06. The molecule has 0 aliphatic heterocycles. The summed E-state index contributed by atoms with van der Waals surface area (Å²) in [6.45, 7) is 5.63. The Morgan fingerprint density at radius 3 is 2.06 bits per heavy atom. The number of Topliss-reactive ketones (excluding diaryl/α,β-unsaturated/α-hetero) is 1. The molecule has 1 rings (SSSR count). The monoisotopic (exact) mass is 256 g/mol. The number of ketones is 1. The Hall–Kier alpha value is -1.29. The Morgan fingerprint density at radius 2 is 1.67 bits per heavy atom. The van der Waals surface area contributed by atoms with Crippen molar-refractivity contribution in [2.24, 2.45) is 0 Å². The Labute approximate surface area is 106 Å². The van der Waals surface area contributed by atoms with E-state index in [9.17, 15) is 13.6 Å². The molecule has 0 spiro atoms. The molecule has 0 radical (unpaired) electrons. The van der Waals surface area contributed by atoms with Crippen LogP contribution in [0.25, 0.3) is 0 Å². The molecule has 0 aliphatic rings. The van der Waals surface area contributed by atoms with Crippen molar-refractivity contribution in [3.8, 4) is 0 Å². The summed E-state index contributed by atoms with van der Waals surface area (Å²) in [4.78, 5) is 12.4. The minimum Gasteiger partial charge on any atom is -0.367 e. The van der Waals surface area contributed by atoms with Gasteiger partial charge in [-0.2, -0.15) is 0 Å². The summed E-state index contributed by atoms with van der Waals surface area (Å²) in [5.74, 6) is -2.30. The van der Waals surface area contributed by atoms with E-state index >= 15 is 0 Å². The van der Waals surface area contributed by atoms with Crippen LogP contribution in [0.2, 0.25) is 0 Å². The minimum atomic E-state index is -1.14. The molecule has 0 aromatic heterocycles. The Balaban J connectivity index is 3.26. The molecule has 0 saturated carbocycles. The second-order valence-electron chi connectivity index (χ2n) is 4.06. The van der Waals surface area contributed by atoms with Crippen molar-refractivity contribution >= 4 is 5.78 Å². The van der Waals surface area contributed by atoms with Crippen LogP contribution in [-0.4, -0.2) is 18.0 Å². The molecule has 0 heterocycles. The van der Waals surface area contributed by atoms with Gasteiger partial charge in [0.2, 0.25) is 0 Å².